The van der Waals surface area contributed by atoms with Gasteiger partial charge in [0, 0.05) is 18.1 Å². The second-order valence-corrected chi connectivity index (χ2v) is 5.14. The van der Waals surface area contributed by atoms with E-state index in [1.54, 1.807) is 0 Å². The van der Waals surface area contributed by atoms with E-state index in [4.69, 9.17) is 16.3 Å². The molecule has 0 amide bonds. The molecule has 2 nitrogen and oxygen atoms in total. The second-order valence-electron chi connectivity index (χ2n) is 4.73. The van der Waals surface area contributed by atoms with Crippen LogP contribution >= 0.6 is 11.6 Å². The molecular formula is C13H20ClNO. The van der Waals surface area contributed by atoms with Gasteiger partial charge in [0.2, 0.25) is 0 Å². The third kappa shape index (κ3) is 5.50. The van der Waals surface area contributed by atoms with E-state index in [1.165, 1.54) is 0 Å². The lowest BCUT2D eigenvalue weighted by molar-refractivity contribution is -0.000885. The molecule has 0 unspecified atom stereocenters. The van der Waals surface area contributed by atoms with Crippen LogP contribution in [0.2, 0.25) is 5.02 Å². The van der Waals surface area contributed by atoms with Crippen molar-refractivity contribution in [2.24, 2.45) is 0 Å². The van der Waals surface area contributed by atoms with Gasteiger partial charge in [0.1, 0.15) is 0 Å². The van der Waals surface area contributed by atoms with Gasteiger partial charge in [-0.2, -0.15) is 0 Å². The lowest BCUT2D eigenvalue weighted by atomic mass is 10.2. The highest BCUT2D eigenvalue weighted by Gasteiger charge is 2.08. The highest BCUT2D eigenvalue weighted by atomic mass is 35.5. The molecule has 0 heterocycles. The van der Waals surface area contributed by atoms with E-state index in [9.17, 15) is 0 Å². The molecule has 0 fully saturated rings. The number of rotatable bonds is 5. The summed E-state index contributed by atoms with van der Waals surface area (Å²) in [5.41, 5.74) is 1.06. The first kappa shape index (κ1) is 13.5. The van der Waals surface area contributed by atoms with Crippen molar-refractivity contribution >= 4 is 11.6 Å². The molecule has 1 aromatic rings. The van der Waals surface area contributed by atoms with E-state index in [-0.39, 0.29) is 5.60 Å². The maximum Gasteiger partial charge on any atom is 0.0599 e. The van der Waals surface area contributed by atoms with Crippen LogP contribution in [0, 0.1) is 0 Å². The summed E-state index contributed by atoms with van der Waals surface area (Å²) < 4.78 is 5.60. The number of nitrogens with one attached hydrogen (secondary N) is 1. The quantitative estimate of drug-likeness (QED) is 0.800. The Morgan fingerprint density at radius 1 is 1.25 bits per heavy atom. The summed E-state index contributed by atoms with van der Waals surface area (Å²) in [4.78, 5) is 0. The summed E-state index contributed by atoms with van der Waals surface area (Å²) >= 11 is 6.04. The Kier molecular flexibility index (Phi) is 5.26. The number of hydrogen-bond acceptors (Lipinski definition) is 2. The normalized spacial score (nSPS) is 11.8. The van der Waals surface area contributed by atoms with Gasteiger partial charge in [-0.25, -0.2) is 0 Å². The summed E-state index contributed by atoms with van der Waals surface area (Å²) in [6, 6.07) is 7.87. The number of hydrogen-bond donors (Lipinski definition) is 1. The Bertz CT molecular complexity index is 320. The first-order valence-corrected chi connectivity index (χ1v) is 5.95. The number of halogens is 1. The fraction of sp³-hybridized carbons (Fsp3) is 0.538. The highest BCUT2D eigenvalue weighted by Crippen LogP contribution is 2.14. The minimum atomic E-state index is -0.0634. The van der Waals surface area contributed by atoms with Crippen molar-refractivity contribution in [3.8, 4) is 0 Å². The molecule has 1 aromatic carbocycles. The highest BCUT2D eigenvalue weighted by molar-refractivity contribution is 6.31. The maximum absolute atomic E-state index is 6.04. The Hall–Kier alpha value is -0.570. The number of benzene rings is 1. The lowest BCUT2D eigenvalue weighted by Gasteiger charge is -2.19. The van der Waals surface area contributed by atoms with Crippen molar-refractivity contribution in [2.45, 2.75) is 32.9 Å². The fourth-order valence-electron chi connectivity index (χ4n) is 1.29. The van der Waals surface area contributed by atoms with Gasteiger partial charge in [-0.05, 0) is 32.4 Å². The van der Waals surface area contributed by atoms with Crippen LogP contribution in [0.4, 0.5) is 0 Å². The predicted molar refractivity (Wildman–Crippen MR) is 68.9 cm³/mol. The molecule has 0 aliphatic carbocycles. The van der Waals surface area contributed by atoms with Gasteiger partial charge in [0.25, 0.3) is 0 Å². The van der Waals surface area contributed by atoms with Crippen molar-refractivity contribution < 1.29 is 4.74 Å². The van der Waals surface area contributed by atoms with Crippen LogP contribution < -0.4 is 5.32 Å². The van der Waals surface area contributed by atoms with Gasteiger partial charge in [0.15, 0.2) is 0 Å². The maximum atomic E-state index is 6.04. The van der Waals surface area contributed by atoms with E-state index >= 15 is 0 Å². The van der Waals surface area contributed by atoms with Crippen molar-refractivity contribution in [1.82, 2.24) is 5.32 Å². The molecule has 0 atom stereocenters. The van der Waals surface area contributed by atoms with Crippen LogP contribution in [0.5, 0.6) is 0 Å². The largest absolute Gasteiger partial charge is 0.375 e. The molecular weight excluding hydrogens is 222 g/mol. The molecule has 0 bridgehead atoms. The topological polar surface area (TPSA) is 21.3 Å². The lowest BCUT2D eigenvalue weighted by Crippen LogP contribution is -2.26. The Labute approximate surface area is 103 Å². The van der Waals surface area contributed by atoms with Gasteiger partial charge >= 0.3 is 0 Å². The smallest absolute Gasteiger partial charge is 0.0599 e. The van der Waals surface area contributed by atoms with Crippen molar-refractivity contribution in [3.63, 3.8) is 0 Å². The van der Waals surface area contributed by atoms with Crippen LogP contribution in [0.3, 0.4) is 0 Å². The van der Waals surface area contributed by atoms with Crippen LogP contribution in [-0.4, -0.2) is 18.8 Å². The first-order valence-electron chi connectivity index (χ1n) is 5.57. The van der Waals surface area contributed by atoms with Crippen molar-refractivity contribution in [1.29, 1.82) is 0 Å². The Balaban J connectivity index is 2.19. The first-order chi connectivity index (χ1) is 7.49. The van der Waals surface area contributed by atoms with Gasteiger partial charge in [0.05, 0.1) is 12.2 Å². The molecule has 0 radical (unpaired) electrons. The molecule has 0 aliphatic heterocycles. The molecule has 90 valence electrons. The van der Waals surface area contributed by atoms with E-state index in [1.807, 2.05) is 24.3 Å². The SMILES string of the molecule is CC(C)(C)OCCNCc1ccccc1Cl. The average Bonchev–Trinajstić information content (AvgIpc) is 2.18. The molecule has 0 aliphatic rings. The van der Waals surface area contributed by atoms with E-state index < -0.39 is 0 Å². The summed E-state index contributed by atoms with van der Waals surface area (Å²) in [7, 11) is 0. The Morgan fingerprint density at radius 2 is 1.94 bits per heavy atom. The zero-order valence-corrected chi connectivity index (χ0v) is 11.0. The monoisotopic (exact) mass is 241 g/mol. The van der Waals surface area contributed by atoms with Gasteiger partial charge in [-0.1, -0.05) is 29.8 Å². The molecule has 1 rings (SSSR count). The molecule has 0 saturated carbocycles. The zero-order valence-electron chi connectivity index (χ0n) is 10.2. The molecule has 0 saturated heterocycles. The van der Waals surface area contributed by atoms with E-state index in [0.29, 0.717) is 6.61 Å². The third-order valence-corrected chi connectivity index (χ3v) is 2.46. The summed E-state index contributed by atoms with van der Waals surface area (Å²) in [5, 5.41) is 4.12. The Morgan fingerprint density at radius 3 is 2.56 bits per heavy atom. The predicted octanol–water partition coefficient (Wildman–Crippen LogP) is 3.24. The van der Waals surface area contributed by atoms with Gasteiger partial charge < -0.3 is 10.1 Å². The summed E-state index contributed by atoms with van der Waals surface area (Å²) in [6.45, 7) is 8.51. The van der Waals surface area contributed by atoms with Gasteiger partial charge in [-0.15, -0.1) is 0 Å². The van der Waals surface area contributed by atoms with Crippen molar-refractivity contribution in [3.05, 3.63) is 34.9 Å². The minimum absolute atomic E-state index is 0.0634. The van der Waals surface area contributed by atoms with Gasteiger partial charge in [-0.3, -0.25) is 0 Å². The molecule has 0 aromatic heterocycles. The standard InChI is InChI=1S/C13H20ClNO/c1-13(2,3)16-9-8-15-10-11-6-4-5-7-12(11)14/h4-7,15H,8-10H2,1-3H3. The van der Waals surface area contributed by atoms with E-state index in [2.05, 4.69) is 26.1 Å². The van der Waals surface area contributed by atoms with Crippen LogP contribution in [0.25, 0.3) is 0 Å². The molecule has 0 spiro atoms. The third-order valence-electron chi connectivity index (χ3n) is 2.09. The number of ether oxygens (including phenoxy) is 1. The minimum Gasteiger partial charge on any atom is -0.375 e. The molecule has 16 heavy (non-hydrogen) atoms. The second kappa shape index (κ2) is 6.24. The van der Waals surface area contributed by atoms with Crippen LogP contribution in [0.15, 0.2) is 24.3 Å². The zero-order chi connectivity index (χ0) is 12.0. The van der Waals surface area contributed by atoms with Crippen LogP contribution in [-0.2, 0) is 11.3 Å². The van der Waals surface area contributed by atoms with Crippen LogP contribution in [0.1, 0.15) is 26.3 Å². The molecule has 3 heteroatoms. The summed E-state index contributed by atoms with van der Waals surface area (Å²) in [6.07, 6.45) is 0. The fourth-order valence-corrected chi connectivity index (χ4v) is 1.50. The summed E-state index contributed by atoms with van der Waals surface area (Å²) in [5.74, 6) is 0. The van der Waals surface area contributed by atoms with Crippen molar-refractivity contribution in [2.75, 3.05) is 13.2 Å². The average molecular weight is 242 g/mol. The van der Waals surface area contributed by atoms with E-state index in [0.717, 1.165) is 23.7 Å². The molecule has 1 N–H and O–H groups in total.